The number of hydrazine groups is 1. The van der Waals surface area contributed by atoms with Crippen molar-refractivity contribution in [2.75, 3.05) is 5.43 Å². The van der Waals surface area contributed by atoms with E-state index in [9.17, 15) is 0 Å². The van der Waals surface area contributed by atoms with Gasteiger partial charge in [-0.05, 0) is 12.8 Å². The molecule has 6 heteroatoms. The molecule has 1 saturated carbocycles. The molecule has 2 aromatic heterocycles. The molecular weight excluding hydrogens is 204 g/mol. The number of anilines is 1. The van der Waals surface area contributed by atoms with E-state index in [0.717, 1.165) is 11.0 Å². The highest BCUT2D eigenvalue weighted by Gasteiger charge is 2.19. The molecule has 1 fully saturated rings. The van der Waals surface area contributed by atoms with Crippen molar-refractivity contribution in [3.63, 3.8) is 0 Å². The number of aromatic nitrogens is 4. The molecule has 1 aliphatic rings. The van der Waals surface area contributed by atoms with Gasteiger partial charge in [0.05, 0.1) is 18.0 Å². The molecule has 0 atom stereocenters. The van der Waals surface area contributed by atoms with Gasteiger partial charge in [0.1, 0.15) is 5.52 Å². The fraction of sp³-hybridized carbons (Fsp3) is 0.500. The van der Waals surface area contributed by atoms with E-state index in [1.54, 1.807) is 6.20 Å². The van der Waals surface area contributed by atoms with Crippen molar-refractivity contribution in [2.45, 2.75) is 31.7 Å². The molecule has 0 saturated heterocycles. The molecule has 2 heterocycles. The number of fused-ring (bicyclic) bond motifs is 1. The fourth-order valence-electron chi connectivity index (χ4n) is 2.44. The molecule has 0 radical (unpaired) electrons. The van der Waals surface area contributed by atoms with Gasteiger partial charge in [-0.1, -0.05) is 12.8 Å². The molecule has 3 rings (SSSR count). The zero-order valence-corrected chi connectivity index (χ0v) is 8.93. The maximum Gasteiger partial charge on any atom is 0.190 e. The number of hydrogen-bond donors (Lipinski definition) is 2. The first-order valence-electron chi connectivity index (χ1n) is 5.55. The topological polar surface area (TPSA) is 81.7 Å². The van der Waals surface area contributed by atoms with Crippen LogP contribution in [0.2, 0.25) is 0 Å². The second kappa shape index (κ2) is 3.71. The number of imidazole rings is 1. The molecule has 0 unspecified atom stereocenters. The van der Waals surface area contributed by atoms with Crippen molar-refractivity contribution >= 4 is 16.9 Å². The Morgan fingerprint density at radius 1 is 1.38 bits per heavy atom. The van der Waals surface area contributed by atoms with E-state index in [-0.39, 0.29) is 0 Å². The van der Waals surface area contributed by atoms with Crippen LogP contribution in [0.3, 0.4) is 0 Å². The highest BCUT2D eigenvalue weighted by Crippen LogP contribution is 2.32. The molecule has 16 heavy (non-hydrogen) atoms. The largest absolute Gasteiger partial charge is 0.326 e. The quantitative estimate of drug-likeness (QED) is 0.585. The van der Waals surface area contributed by atoms with Crippen molar-refractivity contribution in [1.29, 1.82) is 0 Å². The van der Waals surface area contributed by atoms with Crippen LogP contribution < -0.4 is 11.3 Å². The Balaban J connectivity index is 2.12. The van der Waals surface area contributed by atoms with Crippen LogP contribution in [0, 0.1) is 0 Å². The van der Waals surface area contributed by atoms with Gasteiger partial charge >= 0.3 is 0 Å². The highest BCUT2D eigenvalue weighted by atomic mass is 15.3. The van der Waals surface area contributed by atoms with Crippen molar-refractivity contribution in [2.24, 2.45) is 5.84 Å². The maximum atomic E-state index is 5.38. The first-order chi connectivity index (χ1) is 7.90. The molecule has 0 spiro atoms. The summed E-state index contributed by atoms with van der Waals surface area (Å²) in [5.74, 6) is 5.91. The standard InChI is InChI=1S/C10H14N6/c11-14-10-9-8(5-13-15-10)16(6-12-9)7-3-1-2-4-7/h5-7H,1-4,11H2,(H,14,15). The van der Waals surface area contributed by atoms with Gasteiger partial charge in [0.15, 0.2) is 5.82 Å². The zero-order valence-electron chi connectivity index (χ0n) is 8.93. The molecule has 6 nitrogen and oxygen atoms in total. The lowest BCUT2D eigenvalue weighted by Crippen LogP contribution is -2.10. The summed E-state index contributed by atoms with van der Waals surface area (Å²) in [6.45, 7) is 0. The molecule has 0 bridgehead atoms. The lowest BCUT2D eigenvalue weighted by atomic mass is 10.2. The predicted molar refractivity (Wildman–Crippen MR) is 60.6 cm³/mol. The average Bonchev–Trinajstić information content (AvgIpc) is 2.96. The maximum absolute atomic E-state index is 5.38. The number of nitrogens with one attached hydrogen (secondary N) is 1. The summed E-state index contributed by atoms with van der Waals surface area (Å²) in [5.41, 5.74) is 4.33. The summed E-state index contributed by atoms with van der Waals surface area (Å²) in [7, 11) is 0. The Morgan fingerprint density at radius 2 is 2.19 bits per heavy atom. The lowest BCUT2D eigenvalue weighted by molar-refractivity contribution is 0.531. The van der Waals surface area contributed by atoms with Gasteiger partial charge in [0.25, 0.3) is 0 Å². The summed E-state index contributed by atoms with van der Waals surface area (Å²) in [4.78, 5) is 4.35. The Morgan fingerprint density at radius 3 is 2.94 bits per heavy atom. The monoisotopic (exact) mass is 218 g/mol. The van der Waals surface area contributed by atoms with Crippen LogP contribution >= 0.6 is 0 Å². The van der Waals surface area contributed by atoms with Crippen LogP contribution in [-0.2, 0) is 0 Å². The third-order valence-corrected chi connectivity index (χ3v) is 3.25. The minimum atomic E-state index is 0.536. The van der Waals surface area contributed by atoms with Crippen molar-refractivity contribution in [1.82, 2.24) is 19.7 Å². The van der Waals surface area contributed by atoms with Crippen molar-refractivity contribution in [3.8, 4) is 0 Å². The van der Waals surface area contributed by atoms with Gasteiger partial charge in [-0.2, -0.15) is 5.10 Å². The van der Waals surface area contributed by atoms with E-state index in [1.807, 2.05) is 6.33 Å². The van der Waals surface area contributed by atoms with Gasteiger partial charge in [0.2, 0.25) is 0 Å². The van der Waals surface area contributed by atoms with E-state index in [0.29, 0.717) is 11.9 Å². The minimum Gasteiger partial charge on any atom is -0.326 e. The summed E-state index contributed by atoms with van der Waals surface area (Å²) in [6.07, 6.45) is 8.65. The zero-order chi connectivity index (χ0) is 11.0. The summed E-state index contributed by atoms with van der Waals surface area (Å²) in [5, 5.41) is 7.84. The van der Waals surface area contributed by atoms with E-state index in [4.69, 9.17) is 5.84 Å². The smallest absolute Gasteiger partial charge is 0.190 e. The second-order valence-corrected chi connectivity index (χ2v) is 4.16. The summed E-state index contributed by atoms with van der Waals surface area (Å²) >= 11 is 0. The molecule has 0 aromatic carbocycles. The Hall–Kier alpha value is -1.69. The highest BCUT2D eigenvalue weighted by molar-refractivity contribution is 5.84. The van der Waals surface area contributed by atoms with Gasteiger partial charge in [0, 0.05) is 6.04 Å². The third-order valence-electron chi connectivity index (χ3n) is 3.25. The molecule has 0 aliphatic heterocycles. The fourth-order valence-corrected chi connectivity index (χ4v) is 2.44. The van der Waals surface area contributed by atoms with E-state index in [2.05, 4.69) is 25.2 Å². The van der Waals surface area contributed by atoms with Crippen LogP contribution in [0.4, 0.5) is 5.82 Å². The Labute approximate surface area is 92.8 Å². The van der Waals surface area contributed by atoms with Crippen LogP contribution in [0.1, 0.15) is 31.7 Å². The number of rotatable bonds is 2. The molecule has 84 valence electrons. The van der Waals surface area contributed by atoms with Gasteiger partial charge in [-0.25, -0.2) is 10.8 Å². The SMILES string of the molecule is NNc1nncc2c1ncn2C1CCCC1. The van der Waals surface area contributed by atoms with Crippen LogP contribution in [0.5, 0.6) is 0 Å². The first-order valence-corrected chi connectivity index (χ1v) is 5.55. The molecule has 2 aromatic rings. The normalized spacial score (nSPS) is 17.1. The summed E-state index contributed by atoms with van der Waals surface area (Å²) in [6, 6.07) is 0.555. The average molecular weight is 218 g/mol. The molecule has 1 aliphatic carbocycles. The molecule has 0 amide bonds. The van der Waals surface area contributed by atoms with E-state index in [1.165, 1.54) is 25.7 Å². The van der Waals surface area contributed by atoms with Crippen molar-refractivity contribution in [3.05, 3.63) is 12.5 Å². The Bertz CT molecular complexity index is 499. The number of hydrogen-bond acceptors (Lipinski definition) is 5. The van der Waals surface area contributed by atoms with Crippen LogP contribution in [-0.4, -0.2) is 19.7 Å². The van der Waals surface area contributed by atoms with Crippen molar-refractivity contribution < 1.29 is 0 Å². The van der Waals surface area contributed by atoms with E-state index < -0.39 is 0 Å². The lowest BCUT2D eigenvalue weighted by Gasteiger charge is -2.11. The third kappa shape index (κ3) is 1.34. The predicted octanol–water partition coefficient (Wildman–Crippen LogP) is 1.23. The molecular formula is C10H14N6. The Kier molecular flexibility index (Phi) is 2.21. The summed E-state index contributed by atoms with van der Waals surface area (Å²) < 4.78 is 2.19. The van der Waals surface area contributed by atoms with Crippen LogP contribution in [0.15, 0.2) is 12.5 Å². The van der Waals surface area contributed by atoms with Crippen LogP contribution in [0.25, 0.3) is 11.0 Å². The number of nitrogens with zero attached hydrogens (tertiary/aromatic N) is 4. The number of nitrogens with two attached hydrogens (primary N) is 1. The molecule has 3 N–H and O–H groups in total. The van der Waals surface area contributed by atoms with E-state index >= 15 is 0 Å². The number of nitrogen functional groups attached to an aromatic ring is 1. The van der Waals surface area contributed by atoms with Gasteiger partial charge in [-0.3, -0.25) is 0 Å². The first kappa shape index (κ1) is 9.53. The second-order valence-electron chi connectivity index (χ2n) is 4.16. The van der Waals surface area contributed by atoms with Gasteiger partial charge < -0.3 is 9.99 Å². The minimum absolute atomic E-state index is 0.536. The van der Waals surface area contributed by atoms with Gasteiger partial charge in [-0.15, -0.1) is 5.10 Å².